The molecule has 7 heteroatoms. The third-order valence-corrected chi connectivity index (χ3v) is 4.23. The van der Waals surface area contributed by atoms with Gasteiger partial charge in [0, 0.05) is 11.9 Å². The number of ether oxygens (including phenoxy) is 1. The van der Waals surface area contributed by atoms with Crippen LogP contribution in [0.15, 0.2) is 53.2 Å². The van der Waals surface area contributed by atoms with Crippen molar-refractivity contribution >= 4 is 28.9 Å². The first kappa shape index (κ1) is 16.8. The van der Waals surface area contributed by atoms with Gasteiger partial charge in [-0.2, -0.15) is 0 Å². The number of nitrogens with one attached hydrogen (secondary N) is 1. The van der Waals surface area contributed by atoms with Crippen molar-refractivity contribution in [1.29, 1.82) is 0 Å². The van der Waals surface area contributed by atoms with Crippen LogP contribution in [0, 0.1) is 0 Å². The smallest absolute Gasteiger partial charge is 0.255 e. The fraction of sp³-hybridized carbons (Fsp3) is 0.111. The molecule has 0 aliphatic rings. The first-order chi connectivity index (χ1) is 12.1. The molecule has 0 aliphatic carbocycles. The summed E-state index contributed by atoms with van der Waals surface area (Å²) in [6.45, 7) is 0.908. The number of nitrogen functional groups attached to an aromatic ring is 2. The van der Waals surface area contributed by atoms with Gasteiger partial charge in [0.25, 0.3) is 5.91 Å². The molecule has 0 atom stereocenters. The van der Waals surface area contributed by atoms with Crippen molar-refractivity contribution < 1.29 is 9.53 Å². The molecule has 0 fully saturated rings. The van der Waals surface area contributed by atoms with E-state index >= 15 is 0 Å². The minimum Gasteiger partial charge on any atom is -0.488 e. The second-order valence-corrected chi connectivity index (χ2v) is 6.20. The van der Waals surface area contributed by atoms with Gasteiger partial charge in [-0.15, -0.1) is 11.3 Å². The maximum atomic E-state index is 12.2. The molecule has 0 radical (unpaired) electrons. The second-order valence-electron chi connectivity index (χ2n) is 5.42. The maximum absolute atomic E-state index is 12.2. The molecule has 0 saturated carbocycles. The minimum atomic E-state index is -0.283. The van der Waals surface area contributed by atoms with Gasteiger partial charge >= 0.3 is 0 Å². The van der Waals surface area contributed by atoms with E-state index in [0.29, 0.717) is 18.7 Å². The number of hydrogen-bond donors (Lipinski definition) is 3. The summed E-state index contributed by atoms with van der Waals surface area (Å²) >= 11 is 1.60. The van der Waals surface area contributed by atoms with Gasteiger partial charge in [-0.05, 0) is 34.7 Å². The van der Waals surface area contributed by atoms with Gasteiger partial charge in [-0.1, -0.05) is 24.3 Å². The van der Waals surface area contributed by atoms with Gasteiger partial charge in [0.15, 0.2) is 0 Å². The maximum Gasteiger partial charge on any atom is 0.255 e. The van der Waals surface area contributed by atoms with Crippen molar-refractivity contribution in [1.82, 2.24) is 10.3 Å². The Labute approximate surface area is 149 Å². The standard InChI is InChI=1S/C18H18N4O2S/c19-16-6-5-15(17(20)22-16)18(23)21-9-12-1-3-13(4-2-12)10-24-14-7-8-25-11-14/h1-8,11H,9-10H2,(H,21,23)(H4,19,20,22). The molecule has 25 heavy (non-hydrogen) atoms. The molecule has 0 bridgehead atoms. The first-order valence-corrected chi connectivity index (χ1v) is 8.59. The summed E-state index contributed by atoms with van der Waals surface area (Å²) in [5.74, 6) is 0.999. The lowest BCUT2D eigenvalue weighted by molar-refractivity contribution is 0.0951. The van der Waals surface area contributed by atoms with Gasteiger partial charge in [0.05, 0.1) is 5.56 Å². The highest BCUT2D eigenvalue weighted by atomic mass is 32.1. The lowest BCUT2D eigenvalue weighted by atomic mass is 10.1. The van der Waals surface area contributed by atoms with Crippen LogP contribution < -0.4 is 21.5 Å². The molecule has 2 aromatic heterocycles. The number of anilines is 2. The lowest BCUT2D eigenvalue weighted by Crippen LogP contribution is -2.24. The summed E-state index contributed by atoms with van der Waals surface area (Å²) in [7, 11) is 0. The van der Waals surface area contributed by atoms with Crippen LogP contribution in [-0.2, 0) is 13.2 Å². The normalized spacial score (nSPS) is 10.4. The van der Waals surface area contributed by atoms with Crippen molar-refractivity contribution in [2.75, 3.05) is 11.5 Å². The fourth-order valence-electron chi connectivity index (χ4n) is 2.21. The number of amides is 1. The van der Waals surface area contributed by atoms with Crippen LogP contribution in [0.1, 0.15) is 21.5 Å². The number of nitrogens with two attached hydrogens (primary N) is 2. The predicted molar refractivity (Wildman–Crippen MR) is 99.3 cm³/mol. The van der Waals surface area contributed by atoms with Crippen molar-refractivity contribution in [2.45, 2.75) is 13.2 Å². The Balaban J connectivity index is 1.53. The average Bonchev–Trinajstić information content (AvgIpc) is 3.12. The summed E-state index contributed by atoms with van der Waals surface area (Å²) < 4.78 is 5.66. The SMILES string of the molecule is Nc1ccc(C(=O)NCc2ccc(COc3ccsc3)cc2)c(N)n1. The van der Waals surface area contributed by atoms with E-state index in [4.69, 9.17) is 16.2 Å². The highest BCUT2D eigenvalue weighted by Crippen LogP contribution is 2.17. The van der Waals surface area contributed by atoms with Crippen LogP contribution >= 0.6 is 11.3 Å². The monoisotopic (exact) mass is 354 g/mol. The number of aromatic nitrogens is 1. The van der Waals surface area contributed by atoms with E-state index in [2.05, 4.69) is 10.3 Å². The first-order valence-electron chi connectivity index (χ1n) is 7.65. The van der Waals surface area contributed by atoms with E-state index < -0.39 is 0 Å². The summed E-state index contributed by atoms with van der Waals surface area (Å²) in [5, 5.41) is 6.76. The molecule has 0 aliphatic heterocycles. The number of carbonyl (C=O) groups is 1. The minimum absolute atomic E-state index is 0.124. The molecule has 1 amide bonds. The molecule has 3 rings (SSSR count). The van der Waals surface area contributed by atoms with E-state index in [1.54, 1.807) is 23.5 Å². The molecule has 6 nitrogen and oxygen atoms in total. The molecule has 2 heterocycles. The number of benzene rings is 1. The van der Waals surface area contributed by atoms with Crippen LogP contribution in [0.5, 0.6) is 5.75 Å². The van der Waals surface area contributed by atoms with Crippen molar-refractivity contribution in [3.8, 4) is 5.75 Å². The molecule has 0 saturated heterocycles. The number of hydrogen-bond acceptors (Lipinski definition) is 6. The summed E-state index contributed by atoms with van der Waals surface area (Å²) in [6, 6.07) is 12.9. The Bertz CT molecular complexity index is 848. The number of carbonyl (C=O) groups excluding carboxylic acids is 1. The Kier molecular flexibility index (Phi) is 5.15. The van der Waals surface area contributed by atoms with Gasteiger partial charge < -0.3 is 21.5 Å². The molecule has 3 aromatic rings. The van der Waals surface area contributed by atoms with E-state index in [1.807, 2.05) is 41.1 Å². The van der Waals surface area contributed by atoms with E-state index in [-0.39, 0.29) is 17.5 Å². The quantitative estimate of drug-likeness (QED) is 0.631. The highest BCUT2D eigenvalue weighted by Gasteiger charge is 2.10. The molecule has 128 valence electrons. The molecular weight excluding hydrogens is 336 g/mol. The number of thiophene rings is 1. The fourth-order valence-corrected chi connectivity index (χ4v) is 2.79. The van der Waals surface area contributed by atoms with Crippen LogP contribution in [0.3, 0.4) is 0 Å². The largest absolute Gasteiger partial charge is 0.488 e. The summed E-state index contributed by atoms with van der Waals surface area (Å²) in [6.07, 6.45) is 0. The number of nitrogens with zero attached hydrogens (tertiary/aromatic N) is 1. The molecule has 0 spiro atoms. The Morgan fingerprint density at radius 2 is 1.84 bits per heavy atom. The summed E-state index contributed by atoms with van der Waals surface area (Å²) in [5.41, 5.74) is 13.6. The zero-order valence-corrected chi connectivity index (χ0v) is 14.3. The van der Waals surface area contributed by atoms with Gasteiger partial charge in [0.2, 0.25) is 0 Å². The third-order valence-electron chi connectivity index (χ3n) is 3.57. The zero-order valence-electron chi connectivity index (χ0n) is 13.4. The van der Waals surface area contributed by atoms with Crippen LogP contribution in [0.2, 0.25) is 0 Å². The zero-order chi connectivity index (χ0) is 17.6. The van der Waals surface area contributed by atoms with Crippen molar-refractivity contribution in [2.24, 2.45) is 0 Å². The van der Waals surface area contributed by atoms with Crippen LogP contribution in [0.4, 0.5) is 11.6 Å². The Hall–Kier alpha value is -3.06. The van der Waals surface area contributed by atoms with E-state index in [0.717, 1.165) is 16.9 Å². The van der Waals surface area contributed by atoms with Gasteiger partial charge in [0.1, 0.15) is 24.0 Å². The Morgan fingerprint density at radius 1 is 1.08 bits per heavy atom. The molecule has 0 unspecified atom stereocenters. The predicted octanol–water partition coefficient (Wildman–Crippen LogP) is 2.82. The summed E-state index contributed by atoms with van der Waals surface area (Å²) in [4.78, 5) is 16.0. The van der Waals surface area contributed by atoms with Gasteiger partial charge in [-0.25, -0.2) is 4.98 Å². The number of rotatable bonds is 6. The van der Waals surface area contributed by atoms with E-state index in [1.165, 1.54) is 0 Å². The van der Waals surface area contributed by atoms with Gasteiger partial charge in [-0.3, -0.25) is 4.79 Å². The molecule has 5 N–H and O–H groups in total. The van der Waals surface area contributed by atoms with E-state index in [9.17, 15) is 4.79 Å². The van der Waals surface area contributed by atoms with Crippen molar-refractivity contribution in [3.63, 3.8) is 0 Å². The number of pyridine rings is 1. The molecular formula is C18H18N4O2S. The van der Waals surface area contributed by atoms with Crippen LogP contribution in [-0.4, -0.2) is 10.9 Å². The Morgan fingerprint density at radius 3 is 2.52 bits per heavy atom. The third kappa shape index (κ3) is 4.48. The second kappa shape index (κ2) is 7.67. The molecule has 1 aromatic carbocycles. The average molecular weight is 354 g/mol. The topological polar surface area (TPSA) is 103 Å². The highest BCUT2D eigenvalue weighted by molar-refractivity contribution is 7.08. The van der Waals surface area contributed by atoms with Crippen molar-refractivity contribution in [3.05, 3.63) is 69.9 Å². The van der Waals surface area contributed by atoms with Crippen LogP contribution in [0.25, 0.3) is 0 Å². The lowest BCUT2D eigenvalue weighted by Gasteiger charge is -2.09.